The Morgan fingerprint density at radius 2 is 2.06 bits per heavy atom. The van der Waals surface area contributed by atoms with Crippen LogP contribution >= 0.6 is 27.3 Å². The molecule has 0 atom stereocenters. The Balaban J connectivity index is 2.23. The van der Waals surface area contributed by atoms with Gasteiger partial charge in [0.25, 0.3) is 0 Å². The van der Waals surface area contributed by atoms with Crippen LogP contribution in [0.4, 0.5) is 0 Å². The van der Waals surface area contributed by atoms with Gasteiger partial charge in [-0.15, -0.1) is 11.3 Å². The second-order valence-electron chi connectivity index (χ2n) is 4.68. The fraction of sp³-hybridized carbons (Fsp3) is 0.583. The summed E-state index contributed by atoms with van der Waals surface area (Å²) in [7, 11) is 0. The molecule has 1 saturated heterocycles. The van der Waals surface area contributed by atoms with Crippen molar-refractivity contribution in [2.45, 2.75) is 32.2 Å². The van der Waals surface area contributed by atoms with Crippen LogP contribution in [0, 0.1) is 0 Å². The van der Waals surface area contributed by atoms with Crippen LogP contribution in [0.15, 0.2) is 15.9 Å². The highest BCUT2D eigenvalue weighted by Crippen LogP contribution is 2.31. The van der Waals surface area contributed by atoms with Crippen LogP contribution < -0.4 is 0 Å². The number of carbonyl (C=O) groups is 1. The van der Waals surface area contributed by atoms with E-state index in [9.17, 15) is 4.79 Å². The molecule has 0 aliphatic carbocycles. The van der Waals surface area contributed by atoms with Gasteiger partial charge in [0.15, 0.2) is 5.78 Å². The predicted octanol–water partition coefficient (Wildman–Crippen LogP) is 3.57. The van der Waals surface area contributed by atoms with E-state index in [1.807, 2.05) is 25.3 Å². The van der Waals surface area contributed by atoms with Crippen molar-refractivity contribution in [2.24, 2.45) is 0 Å². The molecule has 0 unspecified atom stereocenters. The van der Waals surface area contributed by atoms with Crippen molar-refractivity contribution in [1.29, 1.82) is 0 Å². The van der Waals surface area contributed by atoms with Crippen molar-refractivity contribution in [1.82, 2.24) is 4.90 Å². The molecule has 0 radical (unpaired) electrons. The minimum absolute atomic E-state index is 0.233. The number of ketones is 1. The zero-order valence-electron chi connectivity index (χ0n) is 9.62. The Hall–Kier alpha value is -0.190. The van der Waals surface area contributed by atoms with E-state index in [1.54, 1.807) is 0 Å². The molecular weight excluding hydrogens is 286 g/mol. The van der Waals surface area contributed by atoms with Gasteiger partial charge >= 0.3 is 0 Å². The molecule has 88 valence electrons. The van der Waals surface area contributed by atoms with E-state index < -0.39 is 0 Å². The zero-order valence-corrected chi connectivity index (χ0v) is 12.0. The van der Waals surface area contributed by atoms with Gasteiger partial charge in [-0.05, 0) is 67.2 Å². The summed E-state index contributed by atoms with van der Waals surface area (Å²) < 4.78 is 0.926. The van der Waals surface area contributed by atoms with Gasteiger partial charge in [-0.1, -0.05) is 0 Å². The second-order valence-corrected chi connectivity index (χ2v) is 6.45. The first kappa shape index (κ1) is 12.3. The Morgan fingerprint density at radius 1 is 1.44 bits per heavy atom. The van der Waals surface area contributed by atoms with Gasteiger partial charge in [-0.25, -0.2) is 0 Å². The maximum absolute atomic E-state index is 12.5. The number of hydrogen-bond acceptors (Lipinski definition) is 3. The first-order valence-corrected chi connectivity index (χ1v) is 7.23. The van der Waals surface area contributed by atoms with Crippen LogP contribution in [0.5, 0.6) is 0 Å². The molecule has 1 aromatic rings. The molecule has 16 heavy (non-hydrogen) atoms. The zero-order chi connectivity index (χ0) is 11.8. The number of hydrogen-bond donors (Lipinski definition) is 0. The Morgan fingerprint density at radius 3 is 2.56 bits per heavy atom. The lowest BCUT2D eigenvalue weighted by atomic mass is 9.96. The lowest BCUT2D eigenvalue weighted by Gasteiger charge is -2.33. The van der Waals surface area contributed by atoms with Gasteiger partial charge in [0, 0.05) is 4.47 Å². The Labute approximate surface area is 109 Å². The van der Waals surface area contributed by atoms with Crippen LogP contribution in [0.1, 0.15) is 36.4 Å². The van der Waals surface area contributed by atoms with Crippen molar-refractivity contribution < 1.29 is 4.79 Å². The van der Waals surface area contributed by atoms with Crippen molar-refractivity contribution in [3.05, 3.63) is 20.8 Å². The largest absolute Gasteiger partial charge is 0.291 e. The summed E-state index contributed by atoms with van der Waals surface area (Å²) in [6, 6.07) is 1.94. The number of Topliss-reactive ketones (excluding diaryl/α,β-unsaturated/α-hetero) is 1. The molecule has 1 aromatic heterocycles. The normalized spacial score (nSPS) is 17.9. The van der Waals surface area contributed by atoms with Crippen LogP contribution in [-0.4, -0.2) is 29.3 Å². The molecule has 0 aromatic carbocycles. The van der Waals surface area contributed by atoms with Crippen LogP contribution in [0.2, 0.25) is 0 Å². The van der Waals surface area contributed by atoms with Gasteiger partial charge in [0.05, 0.1) is 10.4 Å². The first-order valence-electron chi connectivity index (χ1n) is 5.56. The number of thiophene rings is 1. The Bertz CT molecular complexity index is 393. The van der Waals surface area contributed by atoms with Crippen molar-refractivity contribution in [3.63, 3.8) is 0 Å². The summed E-state index contributed by atoms with van der Waals surface area (Å²) in [4.78, 5) is 15.6. The topological polar surface area (TPSA) is 20.3 Å². The molecule has 2 heterocycles. The van der Waals surface area contributed by atoms with Crippen molar-refractivity contribution in [3.8, 4) is 0 Å². The highest BCUT2D eigenvalue weighted by atomic mass is 79.9. The van der Waals surface area contributed by atoms with Crippen molar-refractivity contribution >= 4 is 33.0 Å². The van der Waals surface area contributed by atoms with E-state index in [2.05, 4.69) is 20.8 Å². The molecular formula is C12H16BrNOS. The molecule has 0 spiro atoms. The van der Waals surface area contributed by atoms with E-state index in [0.717, 1.165) is 22.4 Å². The standard InChI is InChI=1S/C12H16BrNOS/c1-12(2,14-6-3-4-7-14)11(15)10-9(13)5-8-16-10/h5,8H,3-4,6-7H2,1-2H3. The predicted molar refractivity (Wildman–Crippen MR) is 71.2 cm³/mol. The number of halogens is 1. The van der Waals surface area contributed by atoms with Gasteiger partial charge in [0.2, 0.25) is 0 Å². The lowest BCUT2D eigenvalue weighted by Crippen LogP contribution is -2.48. The van der Waals surface area contributed by atoms with Gasteiger partial charge in [-0.3, -0.25) is 9.69 Å². The second kappa shape index (κ2) is 4.59. The quantitative estimate of drug-likeness (QED) is 0.796. The average molecular weight is 302 g/mol. The molecule has 1 aliphatic heterocycles. The van der Waals surface area contributed by atoms with Crippen molar-refractivity contribution in [2.75, 3.05) is 13.1 Å². The number of rotatable bonds is 3. The number of carbonyl (C=O) groups excluding carboxylic acids is 1. The first-order chi connectivity index (χ1) is 7.53. The molecule has 2 nitrogen and oxygen atoms in total. The third-order valence-electron chi connectivity index (χ3n) is 3.28. The Kier molecular flexibility index (Phi) is 3.52. The highest BCUT2D eigenvalue weighted by molar-refractivity contribution is 9.10. The van der Waals surface area contributed by atoms with Crippen LogP contribution in [-0.2, 0) is 0 Å². The van der Waals surface area contributed by atoms with E-state index >= 15 is 0 Å². The highest BCUT2D eigenvalue weighted by Gasteiger charge is 2.37. The van der Waals surface area contributed by atoms with E-state index in [1.165, 1.54) is 24.2 Å². The summed E-state index contributed by atoms with van der Waals surface area (Å²) in [5.74, 6) is 0.233. The van der Waals surface area contributed by atoms with E-state index in [4.69, 9.17) is 0 Å². The molecule has 0 saturated carbocycles. The van der Waals surface area contributed by atoms with E-state index in [-0.39, 0.29) is 11.3 Å². The molecule has 1 fully saturated rings. The maximum Gasteiger partial charge on any atom is 0.193 e. The monoisotopic (exact) mass is 301 g/mol. The van der Waals surface area contributed by atoms with E-state index in [0.29, 0.717) is 0 Å². The summed E-state index contributed by atoms with van der Waals surface area (Å²) in [6.07, 6.45) is 2.42. The molecule has 4 heteroatoms. The minimum Gasteiger partial charge on any atom is -0.291 e. The van der Waals surface area contributed by atoms with Gasteiger partial charge in [0.1, 0.15) is 0 Å². The summed E-state index contributed by atoms with van der Waals surface area (Å²) >= 11 is 4.96. The third-order valence-corrected chi connectivity index (χ3v) is 5.11. The fourth-order valence-corrected chi connectivity index (χ4v) is 3.80. The smallest absolute Gasteiger partial charge is 0.193 e. The molecule has 0 N–H and O–H groups in total. The lowest BCUT2D eigenvalue weighted by molar-refractivity contribution is 0.0706. The molecule has 0 bridgehead atoms. The van der Waals surface area contributed by atoms with Crippen LogP contribution in [0.3, 0.4) is 0 Å². The summed E-state index contributed by atoms with van der Waals surface area (Å²) in [5.41, 5.74) is -0.371. The summed E-state index contributed by atoms with van der Waals surface area (Å²) in [6.45, 7) is 6.16. The molecule has 0 amide bonds. The molecule has 1 aliphatic rings. The van der Waals surface area contributed by atoms with Crippen LogP contribution in [0.25, 0.3) is 0 Å². The number of nitrogens with zero attached hydrogens (tertiary/aromatic N) is 1. The average Bonchev–Trinajstić information content (AvgIpc) is 2.86. The number of likely N-dealkylation sites (tertiary alicyclic amines) is 1. The summed E-state index contributed by atoms with van der Waals surface area (Å²) in [5, 5.41) is 1.96. The maximum atomic E-state index is 12.5. The fourth-order valence-electron chi connectivity index (χ4n) is 2.15. The SMILES string of the molecule is CC(C)(C(=O)c1sccc1Br)N1CCCC1. The molecule has 2 rings (SSSR count). The third kappa shape index (κ3) is 2.11. The minimum atomic E-state index is -0.371. The van der Waals surface area contributed by atoms with Gasteiger partial charge < -0.3 is 0 Å². The van der Waals surface area contributed by atoms with Gasteiger partial charge in [-0.2, -0.15) is 0 Å².